The van der Waals surface area contributed by atoms with Gasteiger partial charge in [0, 0.05) is 26.8 Å². The Balaban J connectivity index is 1.22. The van der Waals surface area contributed by atoms with Crippen LogP contribution in [0.4, 0.5) is 11.4 Å². The van der Waals surface area contributed by atoms with E-state index in [1.54, 1.807) is 6.21 Å². The topological polar surface area (TPSA) is 90.9 Å². The van der Waals surface area contributed by atoms with Gasteiger partial charge in [0.1, 0.15) is 0 Å². The van der Waals surface area contributed by atoms with Gasteiger partial charge in [-0.1, -0.05) is 84.9 Å². The fourth-order valence-electron chi connectivity index (χ4n) is 7.69. The van der Waals surface area contributed by atoms with Crippen LogP contribution in [0.15, 0.2) is 120 Å². The number of benzene rings is 5. The maximum Gasteiger partial charge on any atom is 0.259 e. The number of fused-ring (bicyclic) bond motifs is 1. The molecule has 1 fully saturated rings. The Labute approximate surface area is 273 Å². The number of nitrogens with zero attached hydrogens (tertiary/aromatic N) is 2. The molecule has 5 aromatic rings. The number of carbonyl (C=O) groups is 3. The summed E-state index contributed by atoms with van der Waals surface area (Å²) in [6.45, 7) is 0.0263. The number of nitrogens with one attached hydrogen (secondary N) is 2. The number of halogens is 1. The molecule has 8 heteroatoms. The number of anilines is 2. The summed E-state index contributed by atoms with van der Waals surface area (Å²) in [6, 6.07) is 37.3. The van der Waals surface area contributed by atoms with Crippen LogP contribution >= 0.6 is 22.6 Å². The second-order valence-electron chi connectivity index (χ2n) is 11.7. The van der Waals surface area contributed by atoms with Crippen LogP contribution in [0.25, 0.3) is 10.8 Å². The molecule has 7 nitrogen and oxygen atoms in total. The fourth-order valence-corrected chi connectivity index (χ4v) is 8.05. The second-order valence-corrected chi connectivity index (χ2v) is 12.9. The molecule has 2 N–H and O–H groups in total. The molecule has 0 unspecified atom stereocenters. The summed E-state index contributed by atoms with van der Waals surface area (Å²) in [7, 11) is 0. The van der Waals surface area contributed by atoms with E-state index in [0.29, 0.717) is 5.69 Å². The highest BCUT2D eigenvalue weighted by atomic mass is 127. The summed E-state index contributed by atoms with van der Waals surface area (Å²) in [5.74, 6) is -2.42. The highest BCUT2D eigenvalue weighted by Crippen LogP contribution is 2.63. The van der Waals surface area contributed by atoms with E-state index in [0.717, 1.165) is 42.3 Å². The smallest absolute Gasteiger partial charge is 0.259 e. The predicted molar refractivity (Wildman–Crippen MR) is 183 cm³/mol. The average molecular weight is 703 g/mol. The number of carbonyl (C=O) groups excluding carboxylic acids is 3. The zero-order chi connectivity index (χ0) is 30.7. The third-order valence-electron chi connectivity index (χ3n) is 9.45. The molecule has 0 spiro atoms. The van der Waals surface area contributed by atoms with Gasteiger partial charge in [0.05, 0.1) is 29.5 Å². The van der Waals surface area contributed by atoms with Gasteiger partial charge in [0.15, 0.2) is 0 Å². The Kier molecular flexibility index (Phi) is 6.56. The maximum absolute atomic E-state index is 14.7. The summed E-state index contributed by atoms with van der Waals surface area (Å²) in [4.78, 5) is 43.6. The summed E-state index contributed by atoms with van der Waals surface area (Å²) in [5.41, 5.74) is 6.93. The van der Waals surface area contributed by atoms with E-state index in [2.05, 4.69) is 50.6 Å². The van der Waals surface area contributed by atoms with Crippen LogP contribution in [0.5, 0.6) is 0 Å². The molecule has 3 aliphatic carbocycles. The van der Waals surface area contributed by atoms with Crippen molar-refractivity contribution in [2.45, 2.75) is 11.3 Å². The molecule has 4 aliphatic rings. The molecule has 5 aromatic carbocycles. The first-order chi connectivity index (χ1) is 22.0. The molecular weight excluding hydrogens is 675 g/mol. The Hall–Kier alpha value is -4.83. The van der Waals surface area contributed by atoms with Gasteiger partial charge >= 0.3 is 0 Å². The van der Waals surface area contributed by atoms with Crippen molar-refractivity contribution in [1.82, 2.24) is 5.43 Å². The summed E-state index contributed by atoms with van der Waals surface area (Å²) in [6.07, 6.45) is 1.69. The normalized spacial score (nSPS) is 22.8. The van der Waals surface area contributed by atoms with Gasteiger partial charge in [-0.15, -0.1) is 0 Å². The van der Waals surface area contributed by atoms with Crippen molar-refractivity contribution in [3.8, 4) is 0 Å². The highest BCUT2D eigenvalue weighted by Gasteiger charge is 2.68. The van der Waals surface area contributed by atoms with Gasteiger partial charge < -0.3 is 5.32 Å². The van der Waals surface area contributed by atoms with Gasteiger partial charge in [-0.2, -0.15) is 5.10 Å². The lowest BCUT2D eigenvalue weighted by molar-refractivity contribution is -0.122. The lowest BCUT2D eigenvalue weighted by atomic mass is 9.47. The number of amides is 3. The van der Waals surface area contributed by atoms with E-state index in [1.807, 2.05) is 103 Å². The first-order valence-corrected chi connectivity index (χ1v) is 15.9. The molecule has 1 aliphatic heterocycles. The van der Waals surface area contributed by atoms with Crippen LogP contribution in [-0.4, -0.2) is 30.5 Å². The largest absolute Gasteiger partial charge is 0.376 e. The second kappa shape index (κ2) is 10.7. The van der Waals surface area contributed by atoms with Crippen molar-refractivity contribution in [2.75, 3.05) is 16.8 Å². The summed E-state index contributed by atoms with van der Waals surface area (Å²) >= 11 is 2.23. The molecule has 2 bridgehead atoms. The highest BCUT2D eigenvalue weighted by molar-refractivity contribution is 14.1. The monoisotopic (exact) mass is 702 g/mol. The molecule has 1 heterocycles. The minimum Gasteiger partial charge on any atom is -0.376 e. The molecular formula is C37H27IN4O3. The van der Waals surface area contributed by atoms with E-state index in [9.17, 15) is 14.4 Å². The van der Waals surface area contributed by atoms with E-state index in [1.165, 1.54) is 4.90 Å². The van der Waals surface area contributed by atoms with Crippen molar-refractivity contribution < 1.29 is 14.4 Å². The Bertz CT molecular complexity index is 2000. The van der Waals surface area contributed by atoms with Crippen molar-refractivity contribution in [1.29, 1.82) is 0 Å². The number of hydrazone groups is 1. The van der Waals surface area contributed by atoms with Gasteiger partial charge in [-0.25, -0.2) is 10.3 Å². The van der Waals surface area contributed by atoms with Gasteiger partial charge in [-0.3, -0.25) is 14.4 Å². The molecule has 9 rings (SSSR count). The standard InChI is InChI=1S/C37H27IN4O3/c38-23-16-18-24(19-17-23)39-20-31(43)41-40-21-37-28-13-5-3-11-26(28)32(27-12-4-6-14-29(27)37)33-34(37)36(45)42(35(33)44)30-15-7-9-22-8-1-2-10-25(22)30/h1-19,21,32-34,39H,20H2,(H,41,43)/b40-21-/t32?,33-,34-,37?/m1/s1. The molecule has 0 aromatic heterocycles. The van der Waals surface area contributed by atoms with E-state index >= 15 is 0 Å². The molecule has 220 valence electrons. The molecule has 45 heavy (non-hydrogen) atoms. The molecule has 3 amide bonds. The third-order valence-corrected chi connectivity index (χ3v) is 10.2. The van der Waals surface area contributed by atoms with Crippen molar-refractivity contribution in [3.05, 3.63) is 141 Å². The molecule has 0 radical (unpaired) electrons. The van der Waals surface area contributed by atoms with Crippen LogP contribution in [0.2, 0.25) is 0 Å². The van der Waals surface area contributed by atoms with Crippen molar-refractivity contribution in [2.24, 2.45) is 16.9 Å². The zero-order valence-electron chi connectivity index (χ0n) is 24.0. The lowest BCUT2D eigenvalue weighted by Crippen LogP contribution is -2.54. The van der Waals surface area contributed by atoms with E-state index in [4.69, 9.17) is 0 Å². The molecule has 1 saturated heterocycles. The number of rotatable bonds is 6. The maximum atomic E-state index is 14.7. The SMILES string of the molecule is O=C(CNc1ccc(I)cc1)N/N=C\C12c3ccccc3C(c3ccccc31)[C@H]1C(=O)N(c3cccc4ccccc34)C(=O)[C@@H]12. The van der Waals surface area contributed by atoms with Gasteiger partial charge in [0.2, 0.25) is 11.8 Å². The molecule has 2 atom stereocenters. The van der Waals surface area contributed by atoms with E-state index in [-0.39, 0.29) is 30.2 Å². The van der Waals surface area contributed by atoms with Crippen molar-refractivity contribution in [3.63, 3.8) is 0 Å². The van der Waals surface area contributed by atoms with Crippen LogP contribution in [-0.2, 0) is 19.8 Å². The number of imide groups is 1. The quantitative estimate of drug-likeness (QED) is 0.0954. The minimum absolute atomic E-state index is 0.0263. The summed E-state index contributed by atoms with van der Waals surface area (Å²) < 4.78 is 1.10. The third kappa shape index (κ3) is 4.15. The number of hydrogen-bond donors (Lipinski definition) is 2. The van der Waals surface area contributed by atoms with Crippen molar-refractivity contribution >= 4 is 68.7 Å². The number of hydrogen-bond acceptors (Lipinski definition) is 5. The zero-order valence-corrected chi connectivity index (χ0v) is 26.1. The van der Waals surface area contributed by atoms with Crippen LogP contribution in [0, 0.1) is 15.4 Å². The fraction of sp³-hybridized carbons (Fsp3) is 0.135. The van der Waals surface area contributed by atoms with Gasteiger partial charge in [0.25, 0.3) is 5.91 Å². The van der Waals surface area contributed by atoms with Crippen LogP contribution < -0.4 is 15.6 Å². The predicted octanol–water partition coefficient (Wildman–Crippen LogP) is 6.21. The van der Waals surface area contributed by atoms with E-state index < -0.39 is 17.3 Å². The van der Waals surface area contributed by atoms with Crippen LogP contribution in [0.3, 0.4) is 0 Å². The Morgan fingerprint density at radius 2 is 1.44 bits per heavy atom. The van der Waals surface area contributed by atoms with Crippen LogP contribution in [0.1, 0.15) is 28.2 Å². The average Bonchev–Trinajstić information content (AvgIpc) is 3.34. The Morgan fingerprint density at radius 1 is 0.800 bits per heavy atom. The Morgan fingerprint density at radius 3 is 2.18 bits per heavy atom. The molecule has 0 saturated carbocycles. The lowest BCUT2D eigenvalue weighted by Gasteiger charge is -2.52. The minimum atomic E-state index is -1.06. The summed E-state index contributed by atoms with van der Waals surface area (Å²) in [5, 5.41) is 9.43. The first-order valence-electron chi connectivity index (χ1n) is 14.9. The van der Waals surface area contributed by atoms with Gasteiger partial charge in [-0.05, 0) is 80.6 Å². The first kappa shape index (κ1) is 27.7.